The highest BCUT2D eigenvalue weighted by Gasteiger charge is 2.31. The quantitative estimate of drug-likeness (QED) is 0.774. The molecule has 1 N–H and O–H groups in total. The van der Waals surface area contributed by atoms with Crippen LogP contribution >= 0.6 is 0 Å². The molecular weight excluding hydrogens is 370 g/mol. The summed E-state index contributed by atoms with van der Waals surface area (Å²) in [5, 5.41) is 2.93. The smallest absolute Gasteiger partial charge is 0.247 e. The highest BCUT2D eigenvalue weighted by atomic mass is 16.5. The maximum atomic E-state index is 12.9. The van der Waals surface area contributed by atoms with Crippen LogP contribution in [0, 0.1) is 0 Å². The van der Waals surface area contributed by atoms with Crippen LogP contribution in [0.4, 0.5) is 5.69 Å². The van der Waals surface area contributed by atoms with E-state index in [4.69, 9.17) is 9.47 Å². The first-order valence-corrected chi connectivity index (χ1v) is 9.92. The highest BCUT2D eigenvalue weighted by molar-refractivity contribution is 5.97. The number of hydrogen-bond donors (Lipinski definition) is 1. The fourth-order valence-electron chi connectivity index (χ4n) is 3.44. The molecular formula is C22H27N3O4. The zero-order valence-corrected chi connectivity index (χ0v) is 16.9. The van der Waals surface area contributed by atoms with Crippen molar-refractivity contribution in [2.24, 2.45) is 0 Å². The summed E-state index contributed by atoms with van der Waals surface area (Å²) in [6.45, 7) is 2.79. The summed E-state index contributed by atoms with van der Waals surface area (Å²) < 4.78 is 11.2. The van der Waals surface area contributed by atoms with E-state index >= 15 is 0 Å². The van der Waals surface area contributed by atoms with Crippen LogP contribution in [0.5, 0.6) is 11.5 Å². The van der Waals surface area contributed by atoms with Crippen molar-refractivity contribution in [2.75, 3.05) is 19.0 Å². The molecule has 1 fully saturated rings. The Labute approximate surface area is 171 Å². The number of ether oxygens (including phenoxy) is 2. The molecule has 1 aromatic carbocycles. The number of pyridine rings is 1. The van der Waals surface area contributed by atoms with Crippen LogP contribution < -0.4 is 14.8 Å². The van der Waals surface area contributed by atoms with Crippen LogP contribution in [0.2, 0.25) is 0 Å². The van der Waals surface area contributed by atoms with E-state index in [1.54, 1.807) is 42.6 Å². The van der Waals surface area contributed by atoms with Crippen LogP contribution in [0.3, 0.4) is 0 Å². The van der Waals surface area contributed by atoms with Gasteiger partial charge in [-0.15, -0.1) is 0 Å². The number of likely N-dealkylation sites (tertiary alicyclic amines) is 1. The molecule has 0 saturated carbocycles. The second kappa shape index (κ2) is 9.91. The number of nitrogens with one attached hydrogen (secondary N) is 1. The summed E-state index contributed by atoms with van der Waals surface area (Å²) in [7, 11) is 1.57. The molecule has 1 unspecified atom stereocenters. The monoisotopic (exact) mass is 397 g/mol. The van der Waals surface area contributed by atoms with Gasteiger partial charge >= 0.3 is 0 Å². The number of rotatable bonds is 7. The van der Waals surface area contributed by atoms with Crippen LogP contribution in [-0.4, -0.2) is 41.4 Å². The van der Waals surface area contributed by atoms with Crippen molar-refractivity contribution in [3.05, 3.63) is 48.3 Å². The average molecular weight is 397 g/mol. The van der Waals surface area contributed by atoms with Crippen molar-refractivity contribution >= 4 is 17.5 Å². The zero-order valence-electron chi connectivity index (χ0n) is 16.9. The van der Waals surface area contributed by atoms with Gasteiger partial charge in [0.15, 0.2) is 11.5 Å². The van der Waals surface area contributed by atoms with Crippen molar-refractivity contribution < 1.29 is 19.1 Å². The third-order valence-corrected chi connectivity index (χ3v) is 4.98. The average Bonchev–Trinajstić information content (AvgIpc) is 2.78. The maximum absolute atomic E-state index is 12.9. The Kier molecular flexibility index (Phi) is 7.05. The molecule has 1 atom stereocenters. The summed E-state index contributed by atoms with van der Waals surface area (Å²) in [4.78, 5) is 30.8. The standard InChI is InChI=1S/C22H27N3O4/c1-3-21(26)25-12-5-4-8-18(25)22(27)24-17-9-10-19(28-2)20(13-17)29-15-16-7-6-11-23-14-16/h6-7,9-11,13-14,18H,3-5,8,12,15H2,1-2H3,(H,24,27). The van der Waals surface area contributed by atoms with Gasteiger partial charge in [-0.1, -0.05) is 13.0 Å². The molecule has 0 spiro atoms. The van der Waals surface area contributed by atoms with Crippen molar-refractivity contribution in [3.63, 3.8) is 0 Å². The van der Waals surface area contributed by atoms with Gasteiger partial charge in [0.1, 0.15) is 12.6 Å². The van der Waals surface area contributed by atoms with Gasteiger partial charge in [-0.25, -0.2) is 0 Å². The van der Waals surface area contributed by atoms with Crippen LogP contribution in [0.15, 0.2) is 42.7 Å². The Morgan fingerprint density at radius 2 is 2.10 bits per heavy atom. The number of hydrogen-bond acceptors (Lipinski definition) is 5. The van der Waals surface area contributed by atoms with Crippen LogP contribution in [0.1, 0.15) is 38.2 Å². The Morgan fingerprint density at radius 1 is 1.24 bits per heavy atom. The molecule has 0 aliphatic carbocycles. The second-order valence-electron chi connectivity index (χ2n) is 6.96. The Hall–Kier alpha value is -3.09. The summed E-state index contributed by atoms with van der Waals surface area (Å²) >= 11 is 0. The van der Waals surface area contributed by atoms with Gasteiger partial charge in [-0.05, 0) is 37.5 Å². The molecule has 154 valence electrons. The molecule has 3 rings (SSSR count). The predicted molar refractivity (Wildman–Crippen MR) is 110 cm³/mol. The molecule has 7 heteroatoms. The molecule has 1 aromatic heterocycles. The van der Waals surface area contributed by atoms with E-state index in [1.807, 2.05) is 19.1 Å². The number of carbonyl (C=O) groups excluding carboxylic acids is 2. The minimum Gasteiger partial charge on any atom is -0.493 e. The molecule has 0 radical (unpaired) electrons. The van der Waals surface area contributed by atoms with Crippen molar-refractivity contribution in [2.45, 2.75) is 45.3 Å². The minimum absolute atomic E-state index is 0.0140. The number of carbonyl (C=O) groups is 2. The lowest BCUT2D eigenvalue weighted by atomic mass is 10.0. The van der Waals surface area contributed by atoms with E-state index in [-0.39, 0.29) is 11.8 Å². The van der Waals surface area contributed by atoms with E-state index in [1.165, 1.54) is 0 Å². The third-order valence-electron chi connectivity index (χ3n) is 4.98. The molecule has 2 aromatic rings. The van der Waals surface area contributed by atoms with Gasteiger partial charge in [0.2, 0.25) is 11.8 Å². The summed E-state index contributed by atoms with van der Waals surface area (Å²) in [5.41, 5.74) is 1.53. The van der Waals surface area contributed by atoms with Crippen molar-refractivity contribution in [3.8, 4) is 11.5 Å². The lowest BCUT2D eigenvalue weighted by molar-refractivity contribution is -0.140. The van der Waals surface area contributed by atoms with Crippen LogP contribution in [-0.2, 0) is 16.2 Å². The number of anilines is 1. The van der Waals surface area contributed by atoms with Gasteiger partial charge < -0.3 is 19.7 Å². The molecule has 0 bridgehead atoms. The molecule has 1 saturated heterocycles. The molecule has 7 nitrogen and oxygen atoms in total. The highest BCUT2D eigenvalue weighted by Crippen LogP contribution is 2.31. The van der Waals surface area contributed by atoms with E-state index in [0.717, 1.165) is 18.4 Å². The van der Waals surface area contributed by atoms with Crippen molar-refractivity contribution in [1.29, 1.82) is 0 Å². The van der Waals surface area contributed by atoms with Gasteiger partial charge in [0.05, 0.1) is 7.11 Å². The Morgan fingerprint density at radius 3 is 2.83 bits per heavy atom. The molecule has 2 heterocycles. The largest absolute Gasteiger partial charge is 0.493 e. The maximum Gasteiger partial charge on any atom is 0.247 e. The Balaban J connectivity index is 1.71. The fourth-order valence-corrected chi connectivity index (χ4v) is 3.44. The molecule has 1 aliphatic rings. The number of piperidine rings is 1. The van der Waals surface area contributed by atoms with Gasteiger partial charge in [-0.3, -0.25) is 14.6 Å². The lowest BCUT2D eigenvalue weighted by Crippen LogP contribution is -2.49. The number of nitrogens with zero attached hydrogens (tertiary/aromatic N) is 2. The summed E-state index contributed by atoms with van der Waals surface area (Å²) in [6.07, 6.45) is 6.40. The first-order valence-electron chi connectivity index (χ1n) is 9.92. The van der Waals surface area contributed by atoms with Gasteiger partial charge in [-0.2, -0.15) is 0 Å². The van der Waals surface area contributed by atoms with Crippen molar-refractivity contribution in [1.82, 2.24) is 9.88 Å². The van der Waals surface area contributed by atoms with E-state index < -0.39 is 6.04 Å². The Bertz CT molecular complexity index is 841. The number of amides is 2. The number of methoxy groups -OCH3 is 1. The molecule has 2 amide bonds. The lowest BCUT2D eigenvalue weighted by Gasteiger charge is -2.34. The first kappa shape index (κ1) is 20.6. The SMILES string of the molecule is CCC(=O)N1CCCCC1C(=O)Nc1ccc(OC)c(OCc2cccnc2)c1. The fraction of sp³-hybridized carbons (Fsp3) is 0.409. The number of benzene rings is 1. The summed E-state index contributed by atoms with van der Waals surface area (Å²) in [6, 6.07) is 8.60. The number of aromatic nitrogens is 1. The van der Waals surface area contributed by atoms with Crippen LogP contribution in [0.25, 0.3) is 0 Å². The molecule has 1 aliphatic heterocycles. The summed E-state index contributed by atoms with van der Waals surface area (Å²) in [5.74, 6) is 0.946. The second-order valence-corrected chi connectivity index (χ2v) is 6.96. The topological polar surface area (TPSA) is 80.8 Å². The van der Waals surface area contributed by atoms with Gasteiger partial charge in [0, 0.05) is 42.7 Å². The van der Waals surface area contributed by atoms with E-state index in [0.29, 0.717) is 43.2 Å². The normalized spacial score (nSPS) is 16.2. The van der Waals surface area contributed by atoms with E-state index in [2.05, 4.69) is 10.3 Å². The molecule has 29 heavy (non-hydrogen) atoms. The first-order chi connectivity index (χ1) is 14.1. The predicted octanol–water partition coefficient (Wildman–Crippen LogP) is 3.40. The third kappa shape index (κ3) is 5.25. The minimum atomic E-state index is -0.432. The van der Waals surface area contributed by atoms with E-state index in [9.17, 15) is 9.59 Å². The van der Waals surface area contributed by atoms with Gasteiger partial charge in [0.25, 0.3) is 0 Å². The zero-order chi connectivity index (χ0) is 20.6.